The Morgan fingerprint density at radius 2 is 1.94 bits per heavy atom. The van der Waals surface area contributed by atoms with Gasteiger partial charge in [0.05, 0.1) is 6.54 Å². The molecule has 1 amide bonds. The first-order chi connectivity index (χ1) is 8.13. The molecule has 106 valence electrons. The van der Waals surface area contributed by atoms with Crippen molar-refractivity contribution >= 4 is 11.7 Å². The van der Waals surface area contributed by atoms with Gasteiger partial charge in [-0.15, -0.1) is 0 Å². The summed E-state index contributed by atoms with van der Waals surface area (Å²) in [5.74, 6) is -7.39. The maximum atomic E-state index is 12.6. The number of hydrogen-bond acceptors (Lipinski definition) is 3. The summed E-state index contributed by atoms with van der Waals surface area (Å²) < 4.78 is 48.9. The van der Waals surface area contributed by atoms with Crippen LogP contribution in [-0.2, 0) is 4.79 Å². The highest BCUT2D eigenvalue weighted by Crippen LogP contribution is 2.22. The molecule has 0 aromatic heterocycles. The molecule has 0 saturated carbocycles. The minimum absolute atomic E-state index is 0.443. The molecule has 0 heterocycles. The van der Waals surface area contributed by atoms with Crippen molar-refractivity contribution in [1.82, 2.24) is 5.32 Å². The standard InChI is InChI=1S/C9H15F4N3O2/c1-4(2)5(6(14)16-18)7(17)15-3-9(12,13)8(10)11/h4-5,8,18H,3H2,1-2H3,(H2,14,16)(H,15,17). The van der Waals surface area contributed by atoms with Crippen LogP contribution in [0.15, 0.2) is 5.16 Å². The maximum Gasteiger partial charge on any atom is 0.324 e. The maximum absolute atomic E-state index is 12.6. The Labute approximate surface area is 101 Å². The van der Waals surface area contributed by atoms with Gasteiger partial charge in [0.2, 0.25) is 5.91 Å². The summed E-state index contributed by atoms with van der Waals surface area (Å²) in [4.78, 5) is 11.5. The summed E-state index contributed by atoms with van der Waals surface area (Å²) >= 11 is 0. The van der Waals surface area contributed by atoms with Crippen LogP contribution < -0.4 is 11.1 Å². The van der Waals surface area contributed by atoms with Crippen LogP contribution in [0.2, 0.25) is 0 Å². The Balaban J connectivity index is 4.65. The van der Waals surface area contributed by atoms with E-state index in [-0.39, 0.29) is 0 Å². The van der Waals surface area contributed by atoms with Crippen LogP contribution in [-0.4, -0.2) is 35.8 Å². The Kier molecular flexibility index (Phi) is 5.86. The van der Waals surface area contributed by atoms with Crippen LogP contribution in [0.4, 0.5) is 17.6 Å². The fourth-order valence-electron chi connectivity index (χ4n) is 1.23. The number of halogens is 4. The number of nitrogens with two attached hydrogens (primary N) is 1. The van der Waals surface area contributed by atoms with E-state index in [4.69, 9.17) is 10.9 Å². The number of amidine groups is 1. The minimum atomic E-state index is -4.32. The Morgan fingerprint density at radius 3 is 2.28 bits per heavy atom. The van der Waals surface area contributed by atoms with Crippen LogP contribution in [0, 0.1) is 11.8 Å². The lowest BCUT2D eigenvalue weighted by atomic mass is 9.94. The number of rotatable bonds is 6. The molecule has 0 aliphatic carbocycles. The number of alkyl halides is 4. The molecule has 0 saturated heterocycles. The zero-order chi connectivity index (χ0) is 14.5. The molecule has 18 heavy (non-hydrogen) atoms. The van der Waals surface area contributed by atoms with Crippen molar-refractivity contribution in [2.45, 2.75) is 26.2 Å². The molecule has 4 N–H and O–H groups in total. The van der Waals surface area contributed by atoms with E-state index < -0.39 is 42.5 Å². The molecule has 0 rings (SSSR count). The summed E-state index contributed by atoms with van der Waals surface area (Å²) in [6.07, 6.45) is -3.88. The van der Waals surface area contributed by atoms with E-state index >= 15 is 0 Å². The van der Waals surface area contributed by atoms with Crippen molar-refractivity contribution in [2.75, 3.05) is 6.54 Å². The zero-order valence-corrected chi connectivity index (χ0v) is 9.83. The summed E-state index contributed by atoms with van der Waals surface area (Å²) in [6.45, 7) is 1.56. The number of amides is 1. The van der Waals surface area contributed by atoms with E-state index in [1.54, 1.807) is 5.32 Å². The van der Waals surface area contributed by atoms with Crippen LogP contribution in [0.5, 0.6) is 0 Å². The lowest BCUT2D eigenvalue weighted by molar-refractivity contribution is -0.138. The molecule has 5 nitrogen and oxygen atoms in total. The first kappa shape index (κ1) is 16.5. The Morgan fingerprint density at radius 1 is 1.44 bits per heavy atom. The number of carbonyl (C=O) groups is 1. The molecule has 1 atom stereocenters. The summed E-state index contributed by atoms with van der Waals surface area (Å²) in [6, 6.07) is 0. The number of nitrogens with one attached hydrogen (secondary N) is 1. The Hall–Kier alpha value is -1.54. The molecular weight excluding hydrogens is 258 g/mol. The summed E-state index contributed by atoms with van der Waals surface area (Å²) in [5.41, 5.74) is 5.22. The smallest absolute Gasteiger partial charge is 0.324 e. The molecule has 0 fully saturated rings. The molecule has 0 aromatic rings. The number of oxime groups is 1. The second-order valence-corrected chi connectivity index (χ2v) is 4.03. The second kappa shape index (κ2) is 6.41. The molecule has 1 unspecified atom stereocenters. The van der Waals surface area contributed by atoms with E-state index in [1.807, 2.05) is 0 Å². The van der Waals surface area contributed by atoms with Crippen molar-refractivity contribution < 1.29 is 27.6 Å². The quantitative estimate of drug-likeness (QED) is 0.222. The van der Waals surface area contributed by atoms with Gasteiger partial charge in [0.25, 0.3) is 0 Å². The average Bonchev–Trinajstić information content (AvgIpc) is 2.25. The third-order valence-electron chi connectivity index (χ3n) is 2.20. The third kappa shape index (κ3) is 4.38. The van der Waals surface area contributed by atoms with Crippen LogP contribution in [0.25, 0.3) is 0 Å². The van der Waals surface area contributed by atoms with Gasteiger partial charge in [-0.05, 0) is 5.92 Å². The van der Waals surface area contributed by atoms with E-state index in [0.29, 0.717) is 0 Å². The lowest BCUT2D eigenvalue weighted by Gasteiger charge is -2.21. The minimum Gasteiger partial charge on any atom is -0.409 e. The van der Waals surface area contributed by atoms with Crippen molar-refractivity contribution in [3.05, 3.63) is 0 Å². The highest BCUT2D eigenvalue weighted by molar-refractivity contribution is 6.02. The fourth-order valence-corrected chi connectivity index (χ4v) is 1.23. The van der Waals surface area contributed by atoms with Gasteiger partial charge >= 0.3 is 12.3 Å². The molecule has 0 aromatic carbocycles. The van der Waals surface area contributed by atoms with Crippen LogP contribution in [0.1, 0.15) is 13.8 Å². The zero-order valence-electron chi connectivity index (χ0n) is 9.83. The second-order valence-electron chi connectivity index (χ2n) is 4.03. The van der Waals surface area contributed by atoms with Gasteiger partial charge in [0.15, 0.2) is 5.84 Å². The molecule has 9 heteroatoms. The van der Waals surface area contributed by atoms with Gasteiger partial charge in [-0.2, -0.15) is 8.78 Å². The van der Waals surface area contributed by atoms with Crippen molar-refractivity contribution in [2.24, 2.45) is 22.7 Å². The number of carbonyl (C=O) groups excluding carboxylic acids is 1. The highest BCUT2D eigenvalue weighted by Gasteiger charge is 2.41. The van der Waals surface area contributed by atoms with Crippen molar-refractivity contribution in [3.8, 4) is 0 Å². The van der Waals surface area contributed by atoms with Gasteiger partial charge in [-0.25, -0.2) is 8.78 Å². The normalized spacial score (nSPS) is 15.0. The third-order valence-corrected chi connectivity index (χ3v) is 2.20. The van der Waals surface area contributed by atoms with Gasteiger partial charge < -0.3 is 16.3 Å². The predicted molar refractivity (Wildman–Crippen MR) is 55.7 cm³/mol. The Bertz CT molecular complexity index is 321. The van der Waals surface area contributed by atoms with Crippen LogP contribution in [0.3, 0.4) is 0 Å². The average molecular weight is 273 g/mol. The van der Waals surface area contributed by atoms with Crippen molar-refractivity contribution in [3.63, 3.8) is 0 Å². The summed E-state index contributed by atoms with van der Waals surface area (Å²) in [7, 11) is 0. The molecule has 0 aliphatic rings. The first-order valence-corrected chi connectivity index (χ1v) is 5.04. The topological polar surface area (TPSA) is 87.7 Å². The lowest BCUT2D eigenvalue weighted by Crippen LogP contribution is -2.47. The fraction of sp³-hybridized carbons (Fsp3) is 0.778. The number of nitrogens with zero attached hydrogens (tertiary/aromatic N) is 1. The van der Waals surface area contributed by atoms with E-state index in [9.17, 15) is 22.4 Å². The molecule has 0 radical (unpaired) electrons. The highest BCUT2D eigenvalue weighted by atomic mass is 19.3. The van der Waals surface area contributed by atoms with Gasteiger partial charge in [0.1, 0.15) is 5.92 Å². The van der Waals surface area contributed by atoms with E-state index in [1.165, 1.54) is 13.8 Å². The van der Waals surface area contributed by atoms with Crippen LogP contribution >= 0.6 is 0 Å². The van der Waals surface area contributed by atoms with E-state index in [2.05, 4.69) is 5.16 Å². The monoisotopic (exact) mass is 273 g/mol. The largest absolute Gasteiger partial charge is 0.409 e. The molecule has 0 spiro atoms. The van der Waals surface area contributed by atoms with E-state index in [0.717, 1.165) is 0 Å². The molecular formula is C9H15F4N3O2. The summed E-state index contributed by atoms with van der Waals surface area (Å²) in [5, 5.41) is 12.7. The predicted octanol–water partition coefficient (Wildman–Crippen LogP) is 1.02. The SMILES string of the molecule is CC(C)C(C(=O)NCC(F)(F)C(F)F)C(N)=NO. The first-order valence-electron chi connectivity index (χ1n) is 5.04. The van der Waals surface area contributed by atoms with Crippen molar-refractivity contribution in [1.29, 1.82) is 0 Å². The van der Waals surface area contributed by atoms with Gasteiger partial charge in [-0.1, -0.05) is 19.0 Å². The molecule has 0 aliphatic heterocycles. The van der Waals surface area contributed by atoms with Gasteiger partial charge in [0, 0.05) is 0 Å². The van der Waals surface area contributed by atoms with Gasteiger partial charge in [-0.3, -0.25) is 4.79 Å². The molecule has 0 bridgehead atoms. The number of hydrogen-bond donors (Lipinski definition) is 3.